The summed E-state index contributed by atoms with van der Waals surface area (Å²) < 4.78 is 1.06. The second-order valence-corrected chi connectivity index (χ2v) is 6.16. The van der Waals surface area contributed by atoms with Crippen LogP contribution in [-0.4, -0.2) is 26.5 Å². The van der Waals surface area contributed by atoms with Crippen molar-refractivity contribution in [2.75, 3.05) is 36.2 Å². The van der Waals surface area contributed by atoms with Crippen LogP contribution in [0.4, 0.5) is 17.1 Å². The van der Waals surface area contributed by atoms with Crippen molar-refractivity contribution in [3.63, 3.8) is 0 Å². The standard InChI is InChI=1S/C17H20BrN3O/c1-12-10-14(6-9-16(12)18)19-11-17(22)20-13-4-7-15(8-5-13)21(2)3/h4-10,19H,11H2,1-3H3,(H,20,22). The molecule has 0 bridgehead atoms. The fraction of sp³-hybridized carbons (Fsp3) is 0.235. The van der Waals surface area contributed by atoms with Crippen molar-refractivity contribution in [2.24, 2.45) is 0 Å². The number of carbonyl (C=O) groups excluding carboxylic acids is 1. The minimum absolute atomic E-state index is 0.0711. The van der Waals surface area contributed by atoms with Gasteiger partial charge < -0.3 is 15.5 Å². The molecule has 0 spiro atoms. The highest BCUT2D eigenvalue weighted by molar-refractivity contribution is 9.10. The summed E-state index contributed by atoms with van der Waals surface area (Å²) in [5.41, 5.74) is 3.95. The van der Waals surface area contributed by atoms with Gasteiger partial charge in [0.1, 0.15) is 0 Å². The summed E-state index contributed by atoms with van der Waals surface area (Å²) in [7, 11) is 3.97. The van der Waals surface area contributed by atoms with Crippen LogP contribution in [0.25, 0.3) is 0 Å². The Kier molecular flexibility index (Phi) is 5.44. The van der Waals surface area contributed by atoms with Gasteiger partial charge in [-0.3, -0.25) is 4.79 Å². The molecule has 2 rings (SSSR count). The first-order chi connectivity index (χ1) is 10.5. The molecule has 116 valence electrons. The highest BCUT2D eigenvalue weighted by atomic mass is 79.9. The fourth-order valence-corrected chi connectivity index (χ4v) is 2.23. The molecule has 0 unspecified atom stereocenters. The summed E-state index contributed by atoms with van der Waals surface area (Å²) in [6, 6.07) is 13.7. The van der Waals surface area contributed by atoms with Crippen LogP contribution in [0, 0.1) is 6.92 Å². The van der Waals surface area contributed by atoms with Crippen molar-refractivity contribution >= 4 is 38.9 Å². The third-order valence-corrected chi connectivity index (χ3v) is 4.17. The summed E-state index contributed by atoms with van der Waals surface area (Å²) in [6.45, 7) is 2.25. The quantitative estimate of drug-likeness (QED) is 0.849. The van der Waals surface area contributed by atoms with E-state index in [-0.39, 0.29) is 12.5 Å². The monoisotopic (exact) mass is 361 g/mol. The number of anilines is 3. The molecule has 1 amide bonds. The third kappa shape index (κ3) is 4.49. The first-order valence-corrected chi connectivity index (χ1v) is 7.82. The van der Waals surface area contributed by atoms with Crippen LogP contribution in [0.1, 0.15) is 5.56 Å². The van der Waals surface area contributed by atoms with Crippen LogP contribution in [-0.2, 0) is 4.79 Å². The molecule has 0 saturated heterocycles. The average molecular weight is 362 g/mol. The van der Waals surface area contributed by atoms with Gasteiger partial charge in [0.25, 0.3) is 0 Å². The van der Waals surface area contributed by atoms with Gasteiger partial charge in [0.05, 0.1) is 6.54 Å². The van der Waals surface area contributed by atoms with E-state index in [2.05, 4.69) is 26.6 Å². The number of nitrogens with zero attached hydrogens (tertiary/aromatic N) is 1. The lowest BCUT2D eigenvalue weighted by molar-refractivity contribution is -0.114. The number of aryl methyl sites for hydroxylation is 1. The number of benzene rings is 2. The molecule has 0 aliphatic rings. The van der Waals surface area contributed by atoms with Gasteiger partial charge in [-0.05, 0) is 55.0 Å². The van der Waals surface area contributed by atoms with Crippen LogP contribution < -0.4 is 15.5 Å². The maximum Gasteiger partial charge on any atom is 0.243 e. The van der Waals surface area contributed by atoms with Gasteiger partial charge >= 0.3 is 0 Å². The first-order valence-electron chi connectivity index (χ1n) is 7.03. The number of carbonyl (C=O) groups is 1. The number of rotatable bonds is 5. The normalized spacial score (nSPS) is 10.2. The van der Waals surface area contributed by atoms with Crippen LogP contribution in [0.15, 0.2) is 46.9 Å². The third-order valence-electron chi connectivity index (χ3n) is 3.28. The summed E-state index contributed by atoms with van der Waals surface area (Å²) in [4.78, 5) is 14.0. The minimum atomic E-state index is -0.0711. The molecule has 4 nitrogen and oxygen atoms in total. The topological polar surface area (TPSA) is 44.4 Å². The molecule has 0 heterocycles. The van der Waals surface area contributed by atoms with Crippen molar-refractivity contribution in [1.29, 1.82) is 0 Å². The second kappa shape index (κ2) is 7.31. The molecule has 0 atom stereocenters. The molecule has 2 aromatic carbocycles. The molecule has 0 aliphatic carbocycles. The maximum absolute atomic E-state index is 12.0. The van der Waals surface area contributed by atoms with E-state index >= 15 is 0 Å². The Labute approximate surface area is 139 Å². The number of hydrogen-bond acceptors (Lipinski definition) is 3. The highest BCUT2D eigenvalue weighted by Crippen LogP contribution is 2.20. The number of hydrogen-bond donors (Lipinski definition) is 2. The smallest absolute Gasteiger partial charge is 0.243 e. The van der Waals surface area contributed by atoms with Gasteiger partial charge in [0.15, 0.2) is 0 Å². The van der Waals surface area contributed by atoms with Gasteiger partial charge in [0.2, 0.25) is 5.91 Å². The lowest BCUT2D eigenvalue weighted by Gasteiger charge is -2.13. The summed E-state index contributed by atoms with van der Waals surface area (Å²) >= 11 is 3.46. The van der Waals surface area contributed by atoms with E-state index in [1.54, 1.807) is 0 Å². The Morgan fingerprint density at radius 1 is 1.09 bits per heavy atom. The van der Waals surface area contributed by atoms with E-state index in [0.717, 1.165) is 27.1 Å². The van der Waals surface area contributed by atoms with Crippen molar-refractivity contribution in [2.45, 2.75) is 6.92 Å². The van der Waals surface area contributed by atoms with Gasteiger partial charge in [-0.25, -0.2) is 0 Å². The molecule has 2 aromatic rings. The first kappa shape index (κ1) is 16.4. The van der Waals surface area contributed by atoms with Crippen LogP contribution in [0.5, 0.6) is 0 Å². The van der Waals surface area contributed by atoms with Gasteiger partial charge in [-0.2, -0.15) is 0 Å². The van der Waals surface area contributed by atoms with Gasteiger partial charge in [-0.1, -0.05) is 15.9 Å². The number of halogens is 1. The summed E-state index contributed by atoms with van der Waals surface area (Å²) in [5, 5.41) is 6.00. The van der Waals surface area contributed by atoms with E-state index in [9.17, 15) is 4.79 Å². The molecule has 0 saturated carbocycles. The van der Waals surface area contributed by atoms with Crippen molar-refractivity contribution in [3.8, 4) is 0 Å². The molecule has 0 aliphatic heterocycles. The Bertz CT molecular complexity index is 653. The Morgan fingerprint density at radius 2 is 1.73 bits per heavy atom. The van der Waals surface area contributed by atoms with E-state index < -0.39 is 0 Å². The molecule has 0 fully saturated rings. The van der Waals surface area contributed by atoms with Crippen molar-refractivity contribution < 1.29 is 4.79 Å². The lowest BCUT2D eigenvalue weighted by Crippen LogP contribution is -2.21. The van der Waals surface area contributed by atoms with E-state index in [1.807, 2.05) is 68.4 Å². The zero-order valence-electron chi connectivity index (χ0n) is 13.0. The molecular weight excluding hydrogens is 342 g/mol. The molecule has 2 N–H and O–H groups in total. The van der Waals surface area contributed by atoms with Gasteiger partial charge in [0, 0.05) is 35.6 Å². The van der Waals surface area contributed by atoms with Crippen molar-refractivity contribution in [1.82, 2.24) is 0 Å². The Balaban J connectivity index is 1.88. The lowest BCUT2D eigenvalue weighted by atomic mass is 10.2. The highest BCUT2D eigenvalue weighted by Gasteiger charge is 2.04. The van der Waals surface area contributed by atoms with Crippen LogP contribution >= 0.6 is 15.9 Å². The van der Waals surface area contributed by atoms with Gasteiger partial charge in [-0.15, -0.1) is 0 Å². The molecular formula is C17H20BrN3O. The molecule has 22 heavy (non-hydrogen) atoms. The summed E-state index contributed by atoms with van der Waals surface area (Å²) in [5.74, 6) is -0.0711. The maximum atomic E-state index is 12.0. The SMILES string of the molecule is Cc1cc(NCC(=O)Nc2ccc(N(C)C)cc2)ccc1Br. The van der Waals surface area contributed by atoms with E-state index in [4.69, 9.17) is 0 Å². The zero-order valence-corrected chi connectivity index (χ0v) is 14.6. The minimum Gasteiger partial charge on any atom is -0.378 e. The fourth-order valence-electron chi connectivity index (χ4n) is 1.99. The predicted molar refractivity (Wildman–Crippen MR) is 96.8 cm³/mol. The number of amides is 1. The zero-order chi connectivity index (χ0) is 16.1. The molecule has 0 radical (unpaired) electrons. The largest absolute Gasteiger partial charge is 0.378 e. The van der Waals surface area contributed by atoms with Crippen molar-refractivity contribution in [3.05, 3.63) is 52.5 Å². The molecule has 0 aromatic heterocycles. The molecule has 5 heteroatoms. The Hall–Kier alpha value is -2.01. The predicted octanol–water partition coefficient (Wildman–Crippen LogP) is 3.87. The number of nitrogens with one attached hydrogen (secondary N) is 2. The van der Waals surface area contributed by atoms with Crippen LogP contribution in [0.2, 0.25) is 0 Å². The average Bonchev–Trinajstić information content (AvgIpc) is 2.49. The Morgan fingerprint density at radius 3 is 2.32 bits per heavy atom. The van der Waals surface area contributed by atoms with Crippen LogP contribution in [0.3, 0.4) is 0 Å². The van der Waals surface area contributed by atoms with E-state index in [0.29, 0.717) is 0 Å². The second-order valence-electron chi connectivity index (χ2n) is 5.31. The summed E-state index contributed by atoms with van der Waals surface area (Å²) in [6.07, 6.45) is 0. The van der Waals surface area contributed by atoms with E-state index in [1.165, 1.54) is 0 Å².